The molecule has 2 aromatic heterocycles. The number of piperidine rings is 1. The summed E-state index contributed by atoms with van der Waals surface area (Å²) in [5.74, 6) is 0.534. The minimum atomic E-state index is -5.07. The van der Waals surface area contributed by atoms with Gasteiger partial charge in [0.15, 0.2) is 11.9 Å². The van der Waals surface area contributed by atoms with Crippen molar-refractivity contribution >= 4 is 17.2 Å². The predicted octanol–water partition coefficient (Wildman–Crippen LogP) is 6.38. The molecule has 0 radical (unpaired) electrons. The molecule has 4 heterocycles. The number of nitrogens with one attached hydrogen (secondary N) is 1. The highest BCUT2D eigenvalue weighted by Crippen LogP contribution is 2.37. The fraction of sp³-hybridized carbons (Fsp3) is 0.741. The van der Waals surface area contributed by atoms with Crippen molar-refractivity contribution in [1.82, 2.24) is 25.0 Å². The van der Waals surface area contributed by atoms with Crippen LogP contribution in [0.3, 0.4) is 0 Å². The van der Waals surface area contributed by atoms with Crippen molar-refractivity contribution in [2.75, 3.05) is 26.2 Å². The Kier molecular flexibility index (Phi) is 9.29. The Morgan fingerprint density at radius 3 is 2.34 bits per heavy atom. The van der Waals surface area contributed by atoms with Gasteiger partial charge in [0.05, 0.1) is 17.3 Å². The lowest BCUT2D eigenvalue weighted by molar-refractivity contribution is -0.146. The van der Waals surface area contributed by atoms with Crippen LogP contribution in [-0.2, 0) is 28.4 Å². The number of fused-ring (bicyclic) bond motifs is 1. The molecule has 3 unspecified atom stereocenters. The van der Waals surface area contributed by atoms with Crippen molar-refractivity contribution in [3.63, 3.8) is 0 Å². The second-order valence-corrected chi connectivity index (χ2v) is 12.2. The standard InChI is InChI=1S/C27H35F6N5O2S/c28-26(29,30)21-12-22(27(31,32)33)38(36-21)14-23(39)37-10-8-17(9-11-37)25-35-20(16-41-25)24-34-13-18-6-4-2-1-3-5-7-19(18)15-40-24/h12,16-19,24,34H,1-11,13-15H2. The highest BCUT2D eigenvalue weighted by atomic mass is 32.1. The first-order valence-corrected chi connectivity index (χ1v) is 15.2. The van der Waals surface area contributed by atoms with Gasteiger partial charge >= 0.3 is 12.4 Å². The van der Waals surface area contributed by atoms with Gasteiger partial charge in [-0.15, -0.1) is 11.3 Å². The summed E-state index contributed by atoms with van der Waals surface area (Å²) < 4.78 is 85.2. The van der Waals surface area contributed by atoms with Gasteiger partial charge in [0.25, 0.3) is 0 Å². The largest absolute Gasteiger partial charge is 0.435 e. The van der Waals surface area contributed by atoms with E-state index in [1.807, 2.05) is 5.38 Å². The van der Waals surface area contributed by atoms with Crippen LogP contribution in [0.4, 0.5) is 26.3 Å². The van der Waals surface area contributed by atoms with Gasteiger partial charge in [0.1, 0.15) is 12.2 Å². The third-order valence-corrected chi connectivity index (χ3v) is 9.54. The predicted molar refractivity (Wildman–Crippen MR) is 139 cm³/mol. The van der Waals surface area contributed by atoms with Crippen LogP contribution >= 0.6 is 11.3 Å². The summed E-state index contributed by atoms with van der Waals surface area (Å²) >= 11 is 1.53. The Morgan fingerprint density at radius 2 is 1.66 bits per heavy atom. The van der Waals surface area contributed by atoms with Crippen LogP contribution in [0, 0.1) is 11.8 Å². The van der Waals surface area contributed by atoms with E-state index in [4.69, 9.17) is 9.72 Å². The second kappa shape index (κ2) is 12.6. The van der Waals surface area contributed by atoms with Crippen molar-refractivity contribution in [3.8, 4) is 0 Å². The number of hydrogen-bond acceptors (Lipinski definition) is 6. The number of amides is 1. The zero-order valence-corrected chi connectivity index (χ0v) is 23.5. The molecule has 2 saturated heterocycles. The summed E-state index contributed by atoms with van der Waals surface area (Å²) in [6.07, 6.45) is -0.456. The molecule has 0 bridgehead atoms. The molecule has 14 heteroatoms. The highest BCUT2D eigenvalue weighted by molar-refractivity contribution is 7.09. The summed E-state index contributed by atoms with van der Waals surface area (Å²) in [7, 11) is 0. The lowest BCUT2D eigenvalue weighted by atomic mass is 9.86. The quantitative estimate of drug-likeness (QED) is 0.409. The molecule has 3 aliphatic rings. The number of halogens is 6. The van der Waals surface area contributed by atoms with Crippen LogP contribution in [0.1, 0.15) is 92.0 Å². The summed E-state index contributed by atoms with van der Waals surface area (Å²) in [6, 6.07) is -0.0651. The monoisotopic (exact) mass is 607 g/mol. The topological polar surface area (TPSA) is 72.3 Å². The molecule has 7 nitrogen and oxygen atoms in total. The van der Waals surface area contributed by atoms with Gasteiger partial charge in [-0.1, -0.05) is 32.1 Å². The van der Waals surface area contributed by atoms with Crippen molar-refractivity contribution in [3.05, 3.63) is 33.5 Å². The molecule has 1 N–H and O–H groups in total. The van der Waals surface area contributed by atoms with E-state index >= 15 is 0 Å². The van der Waals surface area contributed by atoms with Crippen LogP contribution in [0.2, 0.25) is 0 Å². The van der Waals surface area contributed by atoms with Crippen molar-refractivity contribution < 1.29 is 35.9 Å². The average Bonchev–Trinajstić information content (AvgIpc) is 3.55. The van der Waals surface area contributed by atoms with E-state index < -0.39 is 36.2 Å². The summed E-state index contributed by atoms with van der Waals surface area (Å²) in [6.45, 7) is 1.25. The minimum Gasteiger partial charge on any atom is -0.357 e. The Hall–Kier alpha value is -2.19. The number of likely N-dealkylation sites (tertiary alicyclic amines) is 1. The van der Waals surface area contributed by atoms with Crippen LogP contribution in [0.25, 0.3) is 0 Å². The maximum absolute atomic E-state index is 13.3. The normalized spacial score (nSPS) is 25.6. The van der Waals surface area contributed by atoms with Crippen molar-refractivity contribution in [2.24, 2.45) is 11.8 Å². The molecular weight excluding hydrogens is 572 g/mol. The molecule has 3 atom stereocenters. The summed E-state index contributed by atoms with van der Waals surface area (Å²) in [5.41, 5.74) is -2.43. The zero-order valence-electron chi connectivity index (χ0n) is 22.6. The molecule has 228 valence electrons. The highest BCUT2D eigenvalue weighted by Gasteiger charge is 2.42. The maximum Gasteiger partial charge on any atom is 0.435 e. The third-order valence-electron chi connectivity index (χ3n) is 8.51. The van der Waals surface area contributed by atoms with E-state index in [0.29, 0.717) is 31.3 Å². The minimum absolute atomic E-state index is 0.0651. The fourth-order valence-electron chi connectivity index (χ4n) is 6.15. The molecule has 1 saturated carbocycles. The van der Waals surface area contributed by atoms with E-state index in [9.17, 15) is 31.1 Å². The van der Waals surface area contributed by atoms with Crippen LogP contribution < -0.4 is 5.32 Å². The second-order valence-electron chi connectivity index (χ2n) is 11.3. The first kappa shape index (κ1) is 30.3. The van der Waals surface area contributed by atoms with E-state index in [1.54, 1.807) is 0 Å². The number of nitrogens with zero attached hydrogens (tertiary/aromatic N) is 4. The number of rotatable bonds is 4. The number of ether oxygens (including phenoxy) is 1. The lowest BCUT2D eigenvalue weighted by Gasteiger charge is -2.31. The van der Waals surface area contributed by atoms with Crippen LogP contribution in [0.15, 0.2) is 11.4 Å². The molecule has 41 heavy (non-hydrogen) atoms. The maximum atomic E-state index is 13.3. The number of aromatic nitrogens is 3. The van der Waals surface area contributed by atoms with E-state index in [-0.39, 0.29) is 36.0 Å². The lowest BCUT2D eigenvalue weighted by Crippen LogP contribution is -2.40. The Balaban J connectivity index is 1.16. The van der Waals surface area contributed by atoms with E-state index in [0.717, 1.165) is 17.2 Å². The third kappa shape index (κ3) is 7.42. The molecule has 1 aliphatic carbocycles. The molecule has 0 spiro atoms. The smallest absolute Gasteiger partial charge is 0.357 e. The van der Waals surface area contributed by atoms with Gasteiger partial charge in [-0.25, -0.2) is 4.98 Å². The van der Waals surface area contributed by atoms with Gasteiger partial charge in [-0.2, -0.15) is 31.4 Å². The zero-order chi connectivity index (χ0) is 29.2. The Morgan fingerprint density at radius 1 is 0.976 bits per heavy atom. The fourth-order valence-corrected chi connectivity index (χ4v) is 7.15. The van der Waals surface area contributed by atoms with Gasteiger partial charge in [0.2, 0.25) is 5.91 Å². The molecule has 1 amide bonds. The van der Waals surface area contributed by atoms with Gasteiger partial charge in [-0.3, -0.25) is 14.8 Å². The van der Waals surface area contributed by atoms with E-state index in [2.05, 4.69) is 10.4 Å². The molecule has 5 rings (SSSR count). The first-order valence-electron chi connectivity index (χ1n) is 14.3. The molecular formula is C27H35F6N5O2S. The van der Waals surface area contributed by atoms with Gasteiger partial charge in [-0.05, 0) is 37.5 Å². The Bertz CT molecular complexity index is 1160. The summed E-state index contributed by atoms with van der Waals surface area (Å²) in [4.78, 5) is 19.0. The van der Waals surface area contributed by atoms with Crippen LogP contribution in [0.5, 0.6) is 0 Å². The Labute approximate surface area is 238 Å². The molecule has 2 aliphatic heterocycles. The number of thiazole rings is 1. The molecule has 0 aromatic carbocycles. The first-order chi connectivity index (χ1) is 19.5. The van der Waals surface area contributed by atoms with Gasteiger partial charge in [0, 0.05) is 37.0 Å². The van der Waals surface area contributed by atoms with Crippen molar-refractivity contribution in [2.45, 2.75) is 88.8 Å². The number of alkyl halides is 6. The number of hydrogen-bond donors (Lipinski definition) is 1. The SMILES string of the molecule is O=C(Cn1nc(C(F)(F)F)cc1C(F)(F)F)N1CCC(c2nc(C3NCC4CCCCCCCC4CO3)cs2)CC1. The molecule has 2 aromatic rings. The van der Waals surface area contributed by atoms with Gasteiger partial charge < -0.3 is 9.64 Å². The number of carbonyl (C=O) groups excluding carboxylic acids is 1. The number of carbonyl (C=O) groups is 1. The molecule has 3 fully saturated rings. The van der Waals surface area contributed by atoms with Crippen LogP contribution in [-0.4, -0.2) is 51.8 Å². The van der Waals surface area contributed by atoms with E-state index in [1.165, 1.54) is 61.2 Å². The average molecular weight is 608 g/mol. The van der Waals surface area contributed by atoms with Crippen molar-refractivity contribution in [1.29, 1.82) is 0 Å². The summed E-state index contributed by atoms with van der Waals surface area (Å²) in [5, 5.41) is 9.52.